The Labute approximate surface area is 149 Å². The predicted molar refractivity (Wildman–Crippen MR) is 95.0 cm³/mol. The molecule has 7 heteroatoms. The molecule has 3 amide bonds. The normalized spacial score (nSPS) is 17.2. The number of imide groups is 1. The molecule has 0 radical (unpaired) electrons. The van der Waals surface area contributed by atoms with Crippen LogP contribution in [0.1, 0.15) is 32.8 Å². The van der Waals surface area contributed by atoms with Crippen LogP contribution in [0, 0.1) is 0 Å². The van der Waals surface area contributed by atoms with Crippen LogP contribution in [-0.4, -0.2) is 36.6 Å². The molecule has 0 aromatic heterocycles. The Morgan fingerprint density at radius 2 is 2.04 bits per heavy atom. The molecule has 1 saturated heterocycles. The number of urea groups is 1. The van der Waals surface area contributed by atoms with Crippen LogP contribution in [0.2, 0.25) is 0 Å². The maximum absolute atomic E-state index is 12.0. The van der Waals surface area contributed by atoms with Crippen LogP contribution in [-0.2, 0) is 4.79 Å². The molecule has 1 atom stereocenters. The number of nitrogens with zero attached hydrogens (tertiary/aromatic N) is 1. The minimum absolute atomic E-state index is 0.0501. The monoisotopic (exact) mass is 396 g/mol. The summed E-state index contributed by atoms with van der Waals surface area (Å²) in [6, 6.07) is 3.17. The van der Waals surface area contributed by atoms with E-state index in [0.717, 1.165) is 21.4 Å². The number of halogens is 1. The van der Waals surface area contributed by atoms with E-state index in [1.165, 1.54) is 7.05 Å². The smallest absolute Gasteiger partial charge is 0.328 e. The van der Waals surface area contributed by atoms with Crippen LogP contribution in [0.5, 0.6) is 11.5 Å². The van der Waals surface area contributed by atoms with Gasteiger partial charge < -0.3 is 14.8 Å². The van der Waals surface area contributed by atoms with E-state index in [1.54, 1.807) is 12.1 Å². The fraction of sp³-hybridized carbons (Fsp3) is 0.412. The standard InChI is InChI=1S/C17H21BrN2O4/c1-5-10(3)24-15-12(18)7-11(9-14(15)23-6-2)8-13-16(21)20(4)17(22)19-13/h7-10H,5-6H2,1-4H3,(H,19,22)/b13-8+/t10-/m0/s1. The van der Waals surface area contributed by atoms with Crippen molar-refractivity contribution in [2.45, 2.75) is 33.3 Å². The van der Waals surface area contributed by atoms with Crippen molar-refractivity contribution in [3.05, 3.63) is 27.9 Å². The van der Waals surface area contributed by atoms with Gasteiger partial charge >= 0.3 is 6.03 Å². The maximum atomic E-state index is 12.0. The van der Waals surface area contributed by atoms with Gasteiger partial charge in [-0.05, 0) is 60.0 Å². The highest BCUT2D eigenvalue weighted by Crippen LogP contribution is 2.38. The van der Waals surface area contributed by atoms with Crippen LogP contribution >= 0.6 is 15.9 Å². The first-order valence-electron chi connectivity index (χ1n) is 7.81. The van der Waals surface area contributed by atoms with Gasteiger partial charge in [-0.2, -0.15) is 0 Å². The summed E-state index contributed by atoms with van der Waals surface area (Å²) in [6.07, 6.45) is 2.54. The van der Waals surface area contributed by atoms with Gasteiger partial charge in [-0.25, -0.2) is 4.79 Å². The highest BCUT2D eigenvalue weighted by molar-refractivity contribution is 9.10. The van der Waals surface area contributed by atoms with Gasteiger partial charge in [0.2, 0.25) is 0 Å². The molecule has 6 nitrogen and oxygen atoms in total. The first-order valence-corrected chi connectivity index (χ1v) is 8.60. The Morgan fingerprint density at radius 3 is 2.58 bits per heavy atom. The molecule has 1 aliphatic rings. The summed E-state index contributed by atoms with van der Waals surface area (Å²) < 4.78 is 12.3. The van der Waals surface area contributed by atoms with Gasteiger partial charge in [0.1, 0.15) is 5.70 Å². The second kappa shape index (κ2) is 7.70. The van der Waals surface area contributed by atoms with Gasteiger partial charge in [-0.15, -0.1) is 0 Å². The molecular weight excluding hydrogens is 376 g/mol. The van der Waals surface area contributed by atoms with E-state index in [9.17, 15) is 9.59 Å². The molecule has 130 valence electrons. The van der Waals surface area contributed by atoms with E-state index in [4.69, 9.17) is 9.47 Å². The number of nitrogens with one attached hydrogen (secondary N) is 1. The number of hydrogen-bond acceptors (Lipinski definition) is 4. The summed E-state index contributed by atoms with van der Waals surface area (Å²) in [5.41, 5.74) is 0.952. The number of hydrogen-bond donors (Lipinski definition) is 1. The number of likely N-dealkylation sites (N-methyl/N-ethyl adjacent to an activating group) is 1. The van der Waals surface area contributed by atoms with Crippen molar-refractivity contribution in [2.24, 2.45) is 0 Å². The lowest BCUT2D eigenvalue weighted by atomic mass is 10.1. The molecule has 2 rings (SSSR count). The molecule has 0 aliphatic carbocycles. The quantitative estimate of drug-likeness (QED) is 0.589. The van der Waals surface area contributed by atoms with Crippen LogP contribution < -0.4 is 14.8 Å². The fourth-order valence-electron chi connectivity index (χ4n) is 2.12. The first-order chi connectivity index (χ1) is 11.4. The molecule has 24 heavy (non-hydrogen) atoms. The van der Waals surface area contributed by atoms with Crippen molar-refractivity contribution >= 4 is 33.9 Å². The molecule has 1 heterocycles. The average molecular weight is 397 g/mol. The number of amides is 3. The molecule has 0 unspecified atom stereocenters. The fourth-order valence-corrected chi connectivity index (χ4v) is 2.68. The van der Waals surface area contributed by atoms with Crippen LogP contribution in [0.25, 0.3) is 6.08 Å². The zero-order chi connectivity index (χ0) is 17.9. The summed E-state index contributed by atoms with van der Waals surface area (Å²) in [5, 5.41) is 2.54. The average Bonchev–Trinajstić information content (AvgIpc) is 2.78. The van der Waals surface area contributed by atoms with Crippen LogP contribution in [0.3, 0.4) is 0 Å². The van der Waals surface area contributed by atoms with Gasteiger partial charge in [-0.1, -0.05) is 6.92 Å². The van der Waals surface area contributed by atoms with Gasteiger partial charge in [0, 0.05) is 7.05 Å². The topological polar surface area (TPSA) is 67.9 Å². The Balaban J connectivity index is 2.39. The van der Waals surface area contributed by atoms with Crippen molar-refractivity contribution in [1.29, 1.82) is 0 Å². The van der Waals surface area contributed by atoms with E-state index < -0.39 is 6.03 Å². The van der Waals surface area contributed by atoms with Gasteiger partial charge in [-0.3, -0.25) is 9.69 Å². The molecule has 1 fully saturated rings. The third-order valence-electron chi connectivity index (χ3n) is 3.62. The summed E-state index contributed by atoms with van der Waals surface area (Å²) in [4.78, 5) is 24.5. The van der Waals surface area contributed by atoms with Crippen molar-refractivity contribution < 1.29 is 19.1 Å². The molecule has 1 N–H and O–H groups in total. The third-order valence-corrected chi connectivity index (χ3v) is 4.21. The molecular formula is C17H21BrN2O4. The van der Waals surface area contributed by atoms with Crippen LogP contribution in [0.4, 0.5) is 4.79 Å². The van der Waals surface area contributed by atoms with E-state index in [-0.39, 0.29) is 17.7 Å². The van der Waals surface area contributed by atoms with Crippen molar-refractivity contribution in [1.82, 2.24) is 10.2 Å². The predicted octanol–water partition coefficient (Wildman–Crippen LogP) is 3.55. The number of ether oxygens (including phenoxy) is 2. The van der Waals surface area contributed by atoms with E-state index >= 15 is 0 Å². The first kappa shape index (κ1) is 18.3. The van der Waals surface area contributed by atoms with Gasteiger partial charge in [0.05, 0.1) is 17.2 Å². The molecule has 0 bridgehead atoms. The van der Waals surface area contributed by atoms with Crippen molar-refractivity contribution in [3.8, 4) is 11.5 Å². The zero-order valence-electron chi connectivity index (χ0n) is 14.2. The minimum Gasteiger partial charge on any atom is -0.490 e. The lowest BCUT2D eigenvalue weighted by Crippen LogP contribution is -2.25. The summed E-state index contributed by atoms with van der Waals surface area (Å²) in [5.74, 6) is 0.852. The lowest BCUT2D eigenvalue weighted by molar-refractivity contribution is -0.121. The van der Waals surface area contributed by atoms with E-state index in [2.05, 4.69) is 21.2 Å². The second-order valence-electron chi connectivity index (χ2n) is 5.45. The zero-order valence-corrected chi connectivity index (χ0v) is 15.8. The minimum atomic E-state index is -0.438. The Kier molecular flexibility index (Phi) is 5.88. The van der Waals surface area contributed by atoms with Gasteiger partial charge in [0.25, 0.3) is 5.91 Å². The maximum Gasteiger partial charge on any atom is 0.328 e. The third kappa shape index (κ3) is 3.90. The summed E-state index contributed by atoms with van der Waals surface area (Å²) in [7, 11) is 1.43. The highest BCUT2D eigenvalue weighted by atomic mass is 79.9. The Hall–Kier alpha value is -2.02. The molecule has 1 aromatic rings. The second-order valence-corrected chi connectivity index (χ2v) is 6.31. The summed E-state index contributed by atoms with van der Waals surface area (Å²) >= 11 is 3.50. The van der Waals surface area contributed by atoms with E-state index in [1.807, 2.05) is 26.8 Å². The summed E-state index contributed by atoms with van der Waals surface area (Å²) in [6.45, 7) is 6.41. The molecule has 0 spiro atoms. The number of carbonyl (C=O) groups is 2. The van der Waals surface area contributed by atoms with Gasteiger partial charge in [0.15, 0.2) is 11.5 Å². The number of carbonyl (C=O) groups excluding carboxylic acids is 2. The number of benzene rings is 1. The highest BCUT2D eigenvalue weighted by Gasteiger charge is 2.30. The SMILES string of the molecule is CCOc1cc(/C=C2/NC(=O)N(C)C2=O)cc(Br)c1O[C@@H](C)CC. The molecule has 0 saturated carbocycles. The molecule has 1 aromatic carbocycles. The lowest BCUT2D eigenvalue weighted by Gasteiger charge is -2.18. The Bertz CT molecular complexity index is 687. The van der Waals surface area contributed by atoms with Crippen molar-refractivity contribution in [2.75, 3.05) is 13.7 Å². The van der Waals surface area contributed by atoms with Crippen LogP contribution in [0.15, 0.2) is 22.3 Å². The van der Waals surface area contributed by atoms with Crippen molar-refractivity contribution in [3.63, 3.8) is 0 Å². The Morgan fingerprint density at radius 1 is 1.33 bits per heavy atom. The van der Waals surface area contributed by atoms with E-state index in [0.29, 0.717) is 18.1 Å². The number of rotatable bonds is 6. The largest absolute Gasteiger partial charge is 0.490 e. The molecule has 1 aliphatic heterocycles.